The van der Waals surface area contributed by atoms with E-state index >= 15 is 0 Å². The summed E-state index contributed by atoms with van der Waals surface area (Å²) in [4.78, 5) is 0. The van der Waals surface area contributed by atoms with Crippen molar-refractivity contribution in [2.75, 3.05) is 0 Å². The van der Waals surface area contributed by atoms with Crippen LogP contribution in [-0.2, 0) is 6.18 Å². The topological polar surface area (TPSA) is 26.0 Å². The minimum atomic E-state index is -4.57. The number of alkyl halides is 3. The normalized spacial score (nSPS) is 18.4. The van der Waals surface area contributed by atoms with E-state index in [0.29, 0.717) is 0 Å². The van der Waals surface area contributed by atoms with Crippen molar-refractivity contribution in [3.05, 3.63) is 35.1 Å². The SMILES string of the molecule is Cl.N[C@@H](c1c(F)cccc1C(F)(F)F)C1CCCCC1. The first-order chi connectivity index (χ1) is 8.91. The molecule has 1 saturated carbocycles. The van der Waals surface area contributed by atoms with Gasteiger partial charge in [-0.2, -0.15) is 13.2 Å². The largest absolute Gasteiger partial charge is 0.416 e. The van der Waals surface area contributed by atoms with E-state index in [4.69, 9.17) is 5.73 Å². The number of nitrogens with two attached hydrogens (primary N) is 1. The predicted octanol–water partition coefficient (Wildman–Crippen LogP) is 4.85. The molecule has 0 amide bonds. The first-order valence-electron chi connectivity index (χ1n) is 6.52. The summed E-state index contributed by atoms with van der Waals surface area (Å²) in [6.07, 6.45) is -0.0434. The number of hydrogen-bond acceptors (Lipinski definition) is 1. The molecule has 0 bridgehead atoms. The Labute approximate surface area is 122 Å². The molecule has 0 unspecified atom stereocenters. The van der Waals surface area contributed by atoms with Crippen LogP contribution in [0.1, 0.15) is 49.3 Å². The Morgan fingerprint density at radius 3 is 2.25 bits per heavy atom. The van der Waals surface area contributed by atoms with Gasteiger partial charge in [-0.15, -0.1) is 12.4 Å². The lowest BCUT2D eigenvalue weighted by Crippen LogP contribution is -2.27. The lowest BCUT2D eigenvalue weighted by molar-refractivity contribution is -0.138. The van der Waals surface area contributed by atoms with Crippen LogP contribution in [0.2, 0.25) is 0 Å². The third-order valence-electron chi connectivity index (χ3n) is 3.85. The Balaban J connectivity index is 0.00000200. The average molecular weight is 312 g/mol. The summed E-state index contributed by atoms with van der Waals surface area (Å²) >= 11 is 0. The second-order valence-corrected chi connectivity index (χ2v) is 5.12. The lowest BCUT2D eigenvalue weighted by Gasteiger charge is -2.29. The quantitative estimate of drug-likeness (QED) is 0.777. The van der Waals surface area contributed by atoms with Crippen LogP contribution in [0, 0.1) is 11.7 Å². The van der Waals surface area contributed by atoms with Gasteiger partial charge in [-0.05, 0) is 30.9 Å². The summed E-state index contributed by atoms with van der Waals surface area (Å²) < 4.78 is 52.6. The van der Waals surface area contributed by atoms with Crippen LogP contribution in [0.4, 0.5) is 17.6 Å². The maximum absolute atomic E-state index is 13.8. The Bertz CT molecular complexity index is 441. The minimum Gasteiger partial charge on any atom is -0.324 e. The predicted molar refractivity (Wildman–Crippen MR) is 72.2 cm³/mol. The molecule has 2 N–H and O–H groups in total. The molecule has 1 aliphatic rings. The summed E-state index contributed by atoms with van der Waals surface area (Å²) in [6, 6.07) is 2.15. The van der Waals surface area contributed by atoms with Crippen molar-refractivity contribution in [3.63, 3.8) is 0 Å². The van der Waals surface area contributed by atoms with Crippen LogP contribution < -0.4 is 5.73 Å². The van der Waals surface area contributed by atoms with Crippen LogP contribution >= 0.6 is 12.4 Å². The molecule has 0 spiro atoms. The van der Waals surface area contributed by atoms with Gasteiger partial charge < -0.3 is 5.73 Å². The molecule has 114 valence electrons. The summed E-state index contributed by atoms with van der Waals surface area (Å²) in [5.41, 5.74) is 4.62. The molecule has 0 saturated heterocycles. The van der Waals surface area contributed by atoms with Gasteiger partial charge in [0.1, 0.15) is 5.82 Å². The molecule has 1 fully saturated rings. The van der Waals surface area contributed by atoms with Gasteiger partial charge in [0, 0.05) is 11.6 Å². The lowest BCUT2D eigenvalue weighted by atomic mass is 9.80. The fourth-order valence-corrected chi connectivity index (χ4v) is 2.85. The number of hydrogen-bond donors (Lipinski definition) is 1. The van der Waals surface area contributed by atoms with Crippen LogP contribution in [0.25, 0.3) is 0 Å². The highest BCUT2D eigenvalue weighted by Crippen LogP contribution is 2.40. The molecule has 1 aromatic rings. The molecular weight excluding hydrogens is 294 g/mol. The Morgan fingerprint density at radius 1 is 1.10 bits per heavy atom. The van der Waals surface area contributed by atoms with Crippen molar-refractivity contribution >= 4 is 12.4 Å². The average Bonchev–Trinajstić information content (AvgIpc) is 2.37. The fraction of sp³-hybridized carbons (Fsp3) is 0.571. The number of benzene rings is 1. The monoisotopic (exact) mass is 311 g/mol. The van der Waals surface area contributed by atoms with Gasteiger partial charge >= 0.3 is 6.18 Å². The van der Waals surface area contributed by atoms with E-state index < -0.39 is 23.6 Å². The Kier molecular flexibility index (Phi) is 5.83. The maximum atomic E-state index is 13.8. The molecule has 1 atom stereocenters. The fourth-order valence-electron chi connectivity index (χ4n) is 2.85. The van der Waals surface area contributed by atoms with Crippen molar-refractivity contribution in [2.24, 2.45) is 11.7 Å². The van der Waals surface area contributed by atoms with Crippen LogP contribution in [-0.4, -0.2) is 0 Å². The molecule has 0 aliphatic heterocycles. The molecule has 1 nitrogen and oxygen atoms in total. The van der Waals surface area contributed by atoms with Crippen molar-refractivity contribution in [2.45, 2.75) is 44.3 Å². The summed E-state index contributed by atoms with van der Waals surface area (Å²) in [5.74, 6) is -0.917. The second kappa shape index (κ2) is 6.76. The zero-order valence-corrected chi connectivity index (χ0v) is 11.7. The minimum absolute atomic E-state index is 0. The summed E-state index contributed by atoms with van der Waals surface area (Å²) in [7, 11) is 0. The zero-order valence-electron chi connectivity index (χ0n) is 10.9. The van der Waals surface area contributed by atoms with Gasteiger partial charge in [-0.25, -0.2) is 4.39 Å². The van der Waals surface area contributed by atoms with Gasteiger partial charge in [0.05, 0.1) is 5.56 Å². The van der Waals surface area contributed by atoms with Gasteiger partial charge in [0.25, 0.3) is 0 Å². The highest BCUT2D eigenvalue weighted by molar-refractivity contribution is 5.85. The molecule has 0 aromatic heterocycles. The van der Waals surface area contributed by atoms with Crippen molar-refractivity contribution in [1.29, 1.82) is 0 Å². The highest BCUT2D eigenvalue weighted by atomic mass is 35.5. The third kappa shape index (κ3) is 3.64. The first-order valence-corrected chi connectivity index (χ1v) is 6.52. The van der Waals surface area contributed by atoms with Crippen molar-refractivity contribution in [3.8, 4) is 0 Å². The molecule has 1 aliphatic carbocycles. The molecule has 1 aromatic carbocycles. The number of rotatable bonds is 2. The summed E-state index contributed by atoms with van der Waals surface area (Å²) in [6.45, 7) is 0. The van der Waals surface area contributed by atoms with E-state index in [1.54, 1.807) is 0 Å². The molecule has 6 heteroatoms. The Morgan fingerprint density at radius 2 is 1.70 bits per heavy atom. The van der Waals surface area contributed by atoms with E-state index in [2.05, 4.69) is 0 Å². The molecule has 0 radical (unpaired) electrons. The molecule has 0 heterocycles. The zero-order chi connectivity index (χ0) is 14.0. The molecular formula is C14H18ClF4N. The van der Waals surface area contributed by atoms with E-state index in [1.807, 2.05) is 0 Å². The standard InChI is InChI=1S/C14H17F4N.ClH/c15-11-8-4-7-10(14(16,17)18)12(11)13(19)9-5-2-1-3-6-9;/h4,7-9,13H,1-3,5-6,19H2;1H/t13-;/m1./s1. The highest BCUT2D eigenvalue weighted by Gasteiger charge is 2.37. The van der Waals surface area contributed by atoms with Crippen LogP contribution in [0.5, 0.6) is 0 Å². The van der Waals surface area contributed by atoms with Crippen LogP contribution in [0.15, 0.2) is 18.2 Å². The van der Waals surface area contributed by atoms with Gasteiger partial charge in [0.2, 0.25) is 0 Å². The van der Waals surface area contributed by atoms with Crippen molar-refractivity contribution < 1.29 is 17.6 Å². The van der Waals surface area contributed by atoms with E-state index in [-0.39, 0.29) is 23.9 Å². The van der Waals surface area contributed by atoms with Crippen molar-refractivity contribution in [1.82, 2.24) is 0 Å². The van der Waals surface area contributed by atoms with E-state index in [9.17, 15) is 17.6 Å². The van der Waals surface area contributed by atoms with Gasteiger partial charge in [-0.3, -0.25) is 0 Å². The van der Waals surface area contributed by atoms with Gasteiger partial charge in [0.15, 0.2) is 0 Å². The molecule has 20 heavy (non-hydrogen) atoms. The smallest absolute Gasteiger partial charge is 0.324 e. The maximum Gasteiger partial charge on any atom is 0.416 e. The van der Waals surface area contributed by atoms with Gasteiger partial charge in [-0.1, -0.05) is 25.3 Å². The summed E-state index contributed by atoms with van der Waals surface area (Å²) in [5, 5.41) is 0. The van der Waals surface area contributed by atoms with Crippen LogP contribution in [0.3, 0.4) is 0 Å². The third-order valence-corrected chi connectivity index (χ3v) is 3.85. The first kappa shape index (κ1) is 17.2. The second-order valence-electron chi connectivity index (χ2n) is 5.12. The van der Waals surface area contributed by atoms with E-state index in [0.717, 1.165) is 50.3 Å². The number of halogens is 5. The molecule has 2 rings (SSSR count). The van der Waals surface area contributed by atoms with E-state index in [1.165, 1.54) is 0 Å². The Hall–Kier alpha value is -0.810.